The van der Waals surface area contributed by atoms with Gasteiger partial charge in [0.25, 0.3) is 0 Å². The van der Waals surface area contributed by atoms with E-state index in [1.54, 1.807) is 30.9 Å². The van der Waals surface area contributed by atoms with Gasteiger partial charge in [-0.2, -0.15) is 0 Å². The fourth-order valence-electron chi connectivity index (χ4n) is 3.25. The van der Waals surface area contributed by atoms with Gasteiger partial charge >= 0.3 is 5.97 Å². The average molecular weight is 406 g/mol. The summed E-state index contributed by atoms with van der Waals surface area (Å²) in [5.41, 5.74) is 1.78. The fraction of sp³-hybridized carbons (Fsp3) is 0.318. The summed E-state index contributed by atoms with van der Waals surface area (Å²) in [7, 11) is 0. The minimum absolute atomic E-state index is 0.0406. The van der Waals surface area contributed by atoms with Crippen molar-refractivity contribution in [2.24, 2.45) is 0 Å². The number of rotatable bonds is 11. The molecule has 30 heavy (non-hydrogen) atoms. The fourth-order valence-corrected chi connectivity index (χ4v) is 3.25. The maximum Gasteiger partial charge on any atom is 0.317 e. The first-order chi connectivity index (χ1) is 14.6. The van der Waals surface area contributed by atoms with Gasteiger partial charge in [0.2, 0.25) is 0 Å². The van der Waals surface area contributed by atoms with Gasteiger partial charge in [0.05, 0.1) is 24.5 Å². The molecule has 0 aliphatic rings. The summed E-state index contributed by atoms with van der Waals surface area (Å²) in [4.78, 5) is 33.0. The van der Waals surface area contributed by atoms with E-state index in [0.717, 1.165) is 17.2 Å². The van der Waals surface area contributed by atoms with Crippen molar-refractivity contribution < 1.29 is 9.90 Å². The van der Waals surface area contributed by atoms with Crippen LogP contribution in [0.15, 0.2) is 67.3 Å². The molecule has 8 heteroatoms. The first-order valence-corrected chi connectivity index (χ1v) is 9.84. The maximum atomic E-state index is 11.4. The molecule has 0 aromatic carbocycles. The summed E-state index contributed by atoms with van der Waals surface area (Å²) < 4.78 is 0. The number of hydrogen-bond donors (Lipinski definition) is 1. The van der Waals surface area contributed by atoms with Gasteiger partial charge in [0, 0.05) is 50.5 Å². The molecule has 1 N–H and O–H groups in total. The Kier molecular flexibility index (Phi) is 7.94. The predicted molar refractivity (Wildman–Crippen MR) is 112 cm³/mol. The predicted octanol–water partition coefficient (Wildman–Crippen LogP) is 2.24. The molecule has 1 unspecified atom stereocenters. The smallest absolute Gasteiger partial charge is 0.317 e. The highest BCUT2D eigenvalue weighted by Crippen LogP contribution is 2.12. The van der Waals surface area contributed by atoms with Crippen molar-refractivity contribution in [2.45, 2.75) is 32.6 Å². The molecule has 0 saturated carbocycles. The minimum Gasteiger partial charge on any atom is -0.480 e. The number of carboxylic acid groups (broad SMARTS) is 1. The average Bonchev–Trinajstić information content (AvgIpc) is 2.75. The summed E-state index contributed by atoms with van der Waals surface area (Å²) in [6, 6.07) is 13.3. The molecular formula is C22H26N6O2. The molecule has 0 amide bonds. The van der Waals surface area contributed by atoms with Crippen LogP contribution in [-0.4, -0.2) is 59.9 Å². The van der Waals surface area contributed by atoms with Gasteiger partial charge in [-0.1, -0.05) is 12.1 Å². The first-order valence-electron chi connectivity index (χ1n) is 9.84. The van der Waals surface area contributed by atoms with Crippen molar-refractivity contribution in [1.29, 1.82) is 0 Å². The van der Waals surface area contributed by atoms with E-state index < -0.39 is 5.97 Å². The lowest BCUT2D eigenvalue weighted by Crippen LogP contribution is -2.43. The summed E-state index contributed by atoms with van der Waals surface area (Å²) in [6.45, 7) is 4.21. The third kappa shape index (κ3) is 6.98. The van der Waals surface area contributed by atoms with Gasteiger partial charge in [-0.15, -0.1) is 0 Å². The highest BCUT2D eigenvalue weighted by atomic mass is 16.4. The van der Waals surface area contributed by atoms with Crippen molar-refractivity contribution >= 4 is 5.97 Å². The van der Waals surface area contributed by atoms with Crippen molar-refractivity contribution in [3.8, 4) is 0 Å². The Morgan fingerprint density at radius 2 is 1.47 bits per heavy atom. The van der Waals surface area contributed by atoms with E-state index >= 15 is 0 Å². The lowest BCUT2D eigenvalue weighted by atomic mass is 10.2. The number of carboxylic acids is 1. The normalized spacial score (nSPS) is 12.2. The van der Waals surface area contributed by atoms with E-state index in [4.69, 9.17) is 0 Å². The van der Waals surface area contributed by atoms with Crippen molar-refractivity contribution in [3.05, 3.63) is 84.5 Å². The van der Waals surface area contributed by atoms with Crippen LogP contribution in [0, 0.1) is 0 Å². The molecule has 3 aromatic rings. The Bertz CT molecular complexity index is 854. The number of nitrogens with zero attached hydrogens (tertiary/aromatic N) is 6. The van der Waals surface area contributed by atoms with Gasteiger partial charge in [-0.05, 0) is 37.3 Å². The van der Waals surface area contributed by atoms with Crippen LogP contribution in [0.25, 0.3) is 0 Å². The number of pyridine rings is 2. The minimum atomic E-state index is -0.860. The molecule has 0 saturated heterocycles. The molecule has 0 radical (unpaired) electrons. The molecule has 0 fully saturated rings. The second-order valence-electron chi connectivity index (χ2n) is 7.12. The Balaban J connectivity index is 1.74. The molecule has 156 valence electrons. The quantitative estimate of drug-likeness (QED) is 0.518. The first kappa shape index (κ1) is 21.5. The summed E-state index contributed by atoms with van der Waals surface area (Å²) in [5, 5.41) is 9.38. The van der Waals surface area contributed by atoms with Gasteiger partial charge in [0.15, 0.2) is 0 Å². The number of aliphatic carboxylic acids is 1. The van der Waals surface area contributed by atoms with E-state index in [-0.39, 0.29) is 12.6 Å². The van der Waals surface area contributed by atoms with E-state index in [9.17, 15) is 9.90 Å². The number of aromatic nitrogens is 4. The monoisotopic (exact) mass is 406 g/mol. The third-order valence-corrected chi connectivity index (χ3v) is 4.67. The molecule has 3 rings (SSSR count). The Labute approximate surface area is 176 Å². The van der Waals surface area contributed by atoms with E-state index in [2.05, 4.69) is 31.8 Å². The van der Waals surface area contributed by atoms with Crippen LogP contribution in [-0.2, 0) is 24.4 Å². The standard InChI is InChI=1S/C22H26N6O2/c1-18(13-27(17-22(29)30)14-19-7-2-4-9-23-19)28(15-20-8-3-5-10-24-20)16-21-25-11-6-12-26-21/h2-12,18H,13-17H2,1H3,(H,29,30). The van der Waals surface area contributed by atoms with Crippen molar-refractivity contribution in [2.75, 3.05) is 13.1 Å². The van der Waals surface area contributed by atoms with E-state index in [1.165, 1.54) is 0 Å². The molecule has 0 aliphatic carbocycles. The Morgan fingerprint density at radius 3 is 2.03 bits per heavy atom. The molecule has 1 atom stereocenters. The third-order valence-electron chi connectivity index (χ3n) is 4.67. The molecule has 3 aromatic heterocycles. The van der Waals surface area contributed by atoms with Gasteiger partial charge in [-0.3, -0.25) is 24.6 Å². The maximum absolute atomic E-state index is 11.4. The summed E-state index contributed by atoms with van der Waals surface area (Å²) in [5.74, 6) is -0.143. The highest BCUT2D eigenvalue weighted by Gasteiger charge is 2.21. The summed E-state index contributed by atoms with van der Waals surface area (Å²) >= 11 is 0. The van der Waals surface area contributed by atoms with E-state index in [0.29, 0.717) is 26.2 Å². The second kappa shape index (κ2) is 11.1. The molecule has 3 heterocycles. The van der Waals surface area contributed by atoms with Crippen molar-refractivity contribution in [3.63, 3.8) is 0 Å². The number of carbonyl (C=O) groups is 1. The van der Waals surface area contributed by atoms with Crippen LogP contribution in [0.3, 0.4) is 0 Å². The lowest BCUT2D eigenvalue weighted by molar-refractivity contribution is -0.138. The Hall–Kier alpha value is -3.23. The topological polar surface area (TPSA) is 95.3 Å². The Morgan fingerprint density at radius 1 is 0.867 bits per heavy atom. The van der Waals surface area contributed by atoms with Crippen molar-refractivity contribution in [1.82, 2.24) is 29.7 Å². The molecule has 8 nitrogen and oxygen atoms in total. The molecule has 0 bridgehead atoms. The largest absolute Gasteiger partial charge is 0.480 e. The zero-order chi connectivity index (χ0) is 21.2. The van der Waals surface area contributed by atoms with Crippen LogP contribution in [0.2, 0.25) is 0 Å². The summed E-state index contributed by atoms with van der Waals surface area (Å²) in [6.07, 6.45) is 6.94. The molecule has 0 spiro atoms. The van der Waals surface area contributed by atoms with Crippen LogP contribution in [0.1, 0.15) is 24.1 Å². The highest BCUT2D eigenvalue weighted by molar-refractivity contribution is 5.69. The van der Waals surface area contributed by atoms with Gasteiger partial charge in [-0.25, -0.2) is 9.97 Å². The van der Waals surface area contributed by atoms with E-state index in [1.807, 2.05) is 41.3 Å². The van der Waals surface area contributed by atoms with Gasteiger partial charge in [0.1, 0.15) is 5.82 Å². The zero-order valence-electron chi connectivity index (χ0n) is 17.0. The molecular weight excluding hydrogens is 380 g/mol. The lowest BCUT2D eigenvalue weighted by Gasteiger charge is -2.32. The zero-order valence-corrected chi connectivity index (χ0v) is 17.0. The SMILES string of the molecule is CC(CN(CC(=O)O)Cc1ccccn1)N(Cc1ccccn1)Cc1ncccn1. The van der Waals surface area contributed by atoms with Gasteiger partial charge < -0.3 is 5.11 Å². The van der Waals surface area contributed by atoms with Crippen LogP contribution >= 0.6 is 0 Å². The second-order valence-corrected chi connectivity index (χ2v) is 7.12. The number of hydrogen-bond acceptors (Lipinski definition) is 7. The van der Waals surface area contributed by atoms with Crippen LogP contribution < -0.4 is 0 Å². The molecule has 0 aliphatic heterocycles. The van der Waals surface area contributed by atoms with Crippen LogP contribution in [0.4, 0.5) is 0 Å². The van der Waals surface area contributed by atoms with Crippen LogP contribution in [0.5, 0.6) is 0 Å².